The molecule has 2 rings (SSSR count). The molecule has 0 aliphatic heterocycles. The molecule has 2 heterocycles. The minimum atomic E-state index is 1.06. The molecule has 2 aromatic heterocycles. The second-order valence-electron chi connectivity index (χ2n) is 7.74. The summed E-state index contributed by atoms with van der Waals surface area (Å²) < 4.78 is 2.35. The molecule has 148 valence electrons. The molecule has 0 unspecified atom stereocenters. The Balaban J connectivity index is 1.52. The Morgan fingerprint density at radius 1 is 0.667 bits per heavy atom. The predicted molar refractivity (Wildman–Crippen MR) is 116 cm³/mol. The molecule has 0 aromatic carbocycles. The largest absolute Gasteiger partial charge is 0.250 e. The monoisotopic (exact) mass is 367 g/mol. The van der Waals surface area contributed by atoms with Gasteiger partial charge in [0.25, 0.3) is 0 Å². The van der Waals surface area contributed by atoms with E-state index in [4.69, 9.17) is 0 Å². The van der Waals surface area contributed by atoms with Crippen LogP contribution in [0.25, 0.3) is 11.4 Å². The Labute approximate surface area is 167 Å². The molecule has 0 atom stereocenters. The van der Waals surface area contributed by atoms with Crippen LogP contribution in [0.3, 0.4) is 0 Å². The molecule has 0 N–H and O–H groups in total. The van der Waals surface area contributed by atoms with Crippen LogP contribution in [0.4, 0.5) is 0 Å². The van der Waals surface area contributed by atoms with Gasteiger partial charge in [-0.3, -0.25) is 0 Å². The number of nitrogens with zero attached hydrogens (tertiary/aromatic N) is 2. The summed E-state index contributed by atoms with van der Waals surface area (Å²) in [4.78, 5) is 4.50. The van der Waals surface area contributed by atoms with Crippen molar-refractivity contribution in [3.63, 3.8) is 0 Å². The third kappa shape index (κ3) is 9.17. The molecular formula is C25H39N2+. The Morgan fingerprint density at radius 2 is 1.26 bits per heavy atom. The standard InChI is InChI=1S/C25H39N2/c1-2-3-4-5-6-7-8-9-10-11-12-13-17-22-27-23-18-15-20-25(27)24-19-14-16-21-26-24/h14-16,18-21,23H,2-13,17,22H2,1H3/q+1. The lowest BCUT2D eigenvalue weighted by atomic mass is 10.0. The summed E-state index contributed by atoms with van der Waals surface area (Å²) in [5, 5.41) is 0. The van der Waals surface area contributed by atoms with E-state index >= 15 is 0 Å². The number of pyridine rings is 2. The van der Waals surface area contributed by atoms with Crippen LogP contribution in [0.1, 0.15) is 90.4 Å². The lowest BCUT2D eigenvalue weighted by Gasteiger charge is -2.04. The van der Waals surface area contributed by atoms with Gasteiger partial charge in [-0.1, -0.05) is 83.6 Å². The van der Waals surface area contributed by atoms with Crippen molar-refractivity contribution in [2.45, 2.75) is 96.9 Å². The highest BCUT2D eigenvalue weighted by atomic mass is 15.0. The van der Waals surface area contributed by atoms with Gasteiger partial charge in [0.05, 0.1) is 0 Å². The summed E-state index contributed by atoms with van der Waals surface area (Å²) >= 11 is 0. The van der Waals surface area contributed by atoms with E-state index in [1.165, 1.54) is 89.2 Å². The van der Waals surface area contributed by atoms with Gasteiger partial charge >= 0.3 is 0 Å². The first kappa shape index (κ1) is 21.6. The number of unbranched alkanes of at least 4 members (excludes halogenated alkanes) is 12. The van der Waals surface area contributed by atoms with Gasteiger partial charge in [0, 0.05) is 24.8 Å². The molecule has 0 saturated heterocycles. The molecule has 2 heteroatoms. The van der Waals surface area contributed by atoms with Gasteiger partial charge in [-0.15, -0.1) is 0 Å². The van der Waals surface area contributed by atoms with Crippen molar-refractivity contribution in [2.24, 2.45) is 0 Å². The average Bonchev–Trinajstić information content (AvgIpc) is 2.72. The molecule has 0 fully saturated rings. The lowest BCUT2D eigenvalue weighted by Crippen LogP contribution is -2.35. The van der Waals surface area contributed by atoms with Crippen LogP contribution in [-0.2, 0) is 6.54 Å². The number of aromatic nitrogens is 2. The van der Waals surface area contributed by atoms with Crippen LogP contribution >= 0.6 is 0 Å². The quantitative estimate of drug-likeness (QED) is 0.242. The van der Waals surface area contributed by atoms with Crippen molar-refractivity contribution in [2.75, 3.05) is 0 Å². The first-order valence-corrected chi connectivity index (χ1v) is 11.3. The maximum atomic E-state index is 4.50. The molecule has 0 aliphatic rings. The molecule has 27 heavy (non-hydrogen) atoms. The van der Waals surface area contributed by atoms with Gasteiger partial charge in [0.1, 0.15) is 12.2 Å². The van der Waals surface area contributed by atoms with Crippen LogP contribution in [-0.4, -0.2) is 4.98 Å². The summed E-state index contributed by atoms with van der Waals surface area (Å²) in [6.07, 6.45) is 22.3. The first-order chi connectivity index (χ1) is 13.4. The molecule has 0 spiro atoms. The lowest BCUT2D eigenvalue weighted by molar-refractivity contribution is -0.686. The second-order valence-corrected chi connectivity index (χ2v) is 7.74. The van der Waals surface area contributed by atoms with E-state index in [1.807, 2.05) is 12.3 Å². The molecule has 0 radical (unpaired) electrons. The van der Waals surface area contributed by atoms with Gasteiger partial charge in [0.15, 0.2) is 6.20 Å². The van der Waals surface area contributed by atoms with Crippen molar-refractivity contribution in [1.82, 2.24) is 4.98 Å². The zero-order valence-corrected chi connectivity index (χ0v) is 17.4. The second kappa shape index (κ2) is 14.4. The smallest absolute Gasteiger partial charge is 0.231 e. The van der Waals surface area contributed by atoms with Gasteiger partial charge in [-0.05, 0) is 24.6 Å². The fourth-order valence-electron chi connectivity index (χ4n) is 3.72. The van der Waals surface area contributed by atoms with Crippen LogP contribution in [0.5, 0.6) is 0 Å². The van der Waals surface area contributed by atoms with E-state index in [9.17, 15) is 0 Å². The highest BCUT2D eigenvalue weighted by Crippen LogP contribution is 2.13. The summed E-state index contributed by atoms with van der Waals surface area (Å²) in [6.45, 7) is 3.38. The Bertz CT molecular complexity index is 594. The van der Waals surface area contributed by atoms with Crippen molar-refractivity contribution in [3.8, 4) is 11.4 Å². The van der Waals surface area contributed by atoms with Gasteiger partial charge in [-0.25, -0.2) is 4.98 Å². The van der Waals surface area contributed by atoms with Gasteiger partial charge in [-0.2, -0.15) is 4.57 Å². The zero-order chi connectivity index (χ0) is 19.0. The maximum absolute atomic E-state index is 4.50. The van der Waals surface area contributed by atoms with Gasteiger partial charge < -0.3 is 0 Å². The van der Waals surface area contributed by atoms with Gasteiger partial charge in [0.2, 0.25) is 5.69 Å². The van der Waals surface area contributed by atoms with Crippen LogP contribution < -0.4 is 4.57 Å². The topological polar surface area (TPSA) is 16.8 Å². The highest BCUT2D eigenvalue weighted by molar-refractivity contribution is 5.49. The summed E-state index contributed by atoms with van der Waals surface area (Å²) in [7, 11) is 0. The van der Waals surface area contributed by atoms with Crippen molar-refractivity contribution < 1.29 is 4.57 Å². The van der Waals surface area contributed by atoms with E-state index in [0.717, 1.165) is 12.2 Å². The van der Waals surface area contributed by atoms with Crippen molar-refractivity contribution in [1.29, 1.82) is 0 Å². The Hall–Kier alpha value is -1.70. The van der Waals surface area contributed by atoms with E-state index < -0.39 is 0 Å². The minimum Gasteiger partial charge on any atom is -0.250 e. The molecular weight excluding hydrogens is 328 g/mol. The molecule has 2 nitrogen and oxygen atoms in total. The van der Waals surface area contributed by atoms with Crippen molar-refractivity contribution >= 4 is 0 Å². The fraction of sp³-hybridized carbons (Fsp3) is 0.600. The minimum absolute atomic E-state index is 1.06. The Kier molecular flexibility index (Phi) is 11.5. The summed E-state index contributed by atoms with van der Waals surface area (Å²) in [6, 6.07) is 12.5. The Morgan fingerprint density at radius 3 is 1.85 bits per heavy atom. The molecule has 0 amide bonds. The van der Waals surface area contributed by atoms with Crippen molar-refractivity contribution in [3.05, 3.63) is 48.8 Å². The SMILES string of the molecule is CCCCCCCCCCCCCCC[n+]1ccccc1-c1ccccn1. The average molecular weight is 368 g/mol. The van der Waals surface area contributed by atoms with E-state index in [0.29, 0.717) is 0 Å². The normalized spacial score (nSPS) is 11.0. The molecule has 2 aromatic rings. The number of aryl methyl sites for hydroxylation is 1. The van der Waals surface area contributed by atoms with Crippen LogP contribution in [0.2, 0.25) is 0 Å². The third-order valence-corrected chi connectivity index (χ3v) is 5.37. The molecule has 0 bridgehead atoms. The number of hydrogen-bond acceptors (Lipinski definition) is 1. The van der Waals surface area contributed by atoms with E-state index in [2.05, 4.69) is 53.0 Å². The van der Waals surface area contributed by atoms with Crippen LogP contribution in [0.15, 0.2) is 48.8 Å². The maximum Gasteiger partial charge on any atom is 0.231 e. The van der Waals surface area contributed by atoms with Crippen LogP contribution in [0, 0.1) is 0 Å². The summed E-state index contributed by atoms with van der Waals surface area (Å²) in [5.41, 5.74) is 2.28. The first-order valence-electron chi connectivity index (χ1n) is 11.3. The zero-order valence-electron chi connectivity index (χ0n) is 17.4. The summed E-state index contributed by atoms with van der Waals surface area (Å²) in [5.74, 6) is 0. The molecule has 0 saturated carbocycles. The third-order valence-electron chi connectivity index (χ3n) is 5.37. The molecule has 0 aliphatic carbocycles. The van der Waals surface area contributed by atoms with E-state index in [-0.39, 0.29) is 0 Å². The number of rotatable bonds is 15. The van der Waals surface area contributed by atoms with E-state index in [1.54, 1.807) is 0 Å². The number of hydrogen-bond donors (Lipinski definition) is 0. The fourth-order valence-corrected chi connectivity index (χ4v) is 3.72. The predicted octanol–water partition coefficient (Wildman–Crippen LogP) is 7.13. The highest BCUT2D eigenvalue weighted by Gasteiger charge is 2.12.